The van der Waals surface area contributed by atoms with Crippen LogP contribution in [-0.2, 0) is 27.3 Å². The lowest BCUT2D eigenvalue weighted by atomic mass is 10.0. The van der Waals surface area contributed by atoms with Crippen LogP contribution in [0.2, 0.25) is 0 Å². The van der Waals surface area contributed by atoms with Gasteiger partial charge in [0.25, 0.3) is 5.91 Å². The predicted octanol–water partition coefficient (Wildman–Crippen LogP) is 0.828. The second kappa shape index (κ2) is 12.1. The van der Waals surface area contributed by atoms with Crippen molar-refractivity contribution in [3.05, 3.63) is 65.2 Å². The number of aliphatic carboxylic acids is 1. The van der Waals surface area contributed by atoms with Crippen molar-refractivity contribution in [1.82, 2.24) is 5.32 Å². The monoisotopic (exact) mass is 442 g/mol. The highest BCUT2D eigenvalue weighted by molar-refractivity contribution is 6.05. The molecular formula is C22H26N4O6. The molecular weight excluding hydrogens is 416 g/mol. The Morgan fingerprint density at radius 3 is 2.47 bits per heavy atom. The van der Waals surface area contributed by atoms with E-state index in [1.807, 2.05) is 0 Å². The summed E-state index contributed by atoms with van der Waals surface area (Å²) in [6.07, 6.45) is 0.151. The number of rotatable bonds is 10. The first-order chi connectivity index (χ1) is 15.3. The number of carbonyl (C=O) groups is 3. The number of carbonyl (C=O) groups excluding carboxylic acids is 2. The zero-order valence-electron chi connectivity index (χ0n) is 17.6. The number of aliphatic imine (C=N–C) groups is 1. The zero-order chi connectivity index (χ0) is 23.5. The number of nitrogens with one attached hydrogen (secondary N) is 1. The van der Waals surface area contributed by atoms with Crippen molar-refractivity contribution >= 4 is 23.8 Å². The summed E-state index contributed by atoms with van der Waals surface area (Å²) >= 11 is 0. The van der Waals surface area contributed by atoms with Crippen molar-refractivity contribution in [2.75, 3.05) is 13.2 Å². The third-order valence-electron chi connectivity index (χ3n) is 4.27. The summed E-state index contributed by atoms with van der Waals surface area (Å²) in [6.45, 7) is 1.87. The van der Waals surface area contributed by atoms with Gasteiger partial charge in [-0.2, -0.15) is 0 Å². The van der Waals surface area contributed by atoms with Crippen molar-refractivity contribution in [3.8, 4) is 5.75 Å². The number of hydrogen-bond acceptors (Lipinski definition) is 7. The molecule has 6 N–H and O–H groups in total. The number of ether oxygens (including phenoxy) is 2. The number of nitrogens with zero attached hydrogens (tertiary/aromatic N) is 1. The van der Waals surface area contributed by atoms with Gasteiger partial charge in [-0.15, -0.1) is 0 Å². The smallest absolute Gasteiger partial charge is 0.344 e. The molecule has 10 nitrogen and oxygen atoms in total. The van der Waals surface area contributed by atoms with E-state index in [2.05, 4.69) is 10.3 Å². The molecule has 1 atom stereocenters. The molecule has 1 unspecified atom stereocenters. The molecule has 10 heteroatoms. The summed E-state index contributed by atoms with van der Waals surface area (Å²) in [7, 11) is 0. The average Bonchev–Trinajstić information content (AvgIpc) is 2.77. The molecule has 0 heterocycles. The number of carboxylic acid groups (broad SMARTS) is 1. The standard InChI is InChI=1S/C22H26N4O6/c1-2-31-19(27)13-32-18-6-4-3-5-16(18)12-25-22(24)26-20(28)15-9-7-14(8-10-15)11-17(23)21(29)30/h3-10,17H,2,11-13,23H2,1H3,(H,29,30)(H3,24,25,26,28). The maximum atomic E-state index is 12.3. The van der Waals surface area contributed by atoms with Gasteiger partial charge >= 0.3 is 11.9 Å². The van der Waals surface area contributed by atoms with E-state index in [0.717, 1.165) is 0 Å². The Kier molecular flexibility index (Phi) is 9.18. The van der Waals surface area contributed by atoms with E-state index >= 15 is 0 Å². The van der Waals surface area contributed by atoms with Crippen LogP contribution in [0.5, 0.6) is 5.75 Å². The Hall–Kier alpha value is -3.92. The summed E-state index contributed by atoms with van der Waals surface area (Å²) in [6, 6.07) is 12.3. The van der Waals surface area contributed by atoms with Crippen LogP contribution in [0.4, 0.5) is 0 Å². The molecule has 1 amide bonds. The maximum Gasteiger partial charge on any atom is 0.344 e. The fourth-order valence-corrected chi connectivity index (χ4v) is 2.65. The first-order valence-electron chi connectivity index (χ1n) is 9.85. The molecule has 0 aliphatic heterocycles. The van der Waals surface area contributed by atoms with E-state index in [-0.39, 0.29) is 32.1 Å². The fourth-order valence-electron chi connectivity index (χ4n) is 2.65. The van der Waals surface area contributed by atoms with Crippen LogP contribution >= 0.6 is 0 Å². The minimum Gasteiger partial charge on any atom is -0.482 e. The van der Waals surface area contributed by atoms with Gasteiger partial charge in [-0.3, -0.25) is 14.9 Å². The van der Waals surface area contributed by atoms with Crippen molar-refractivity contribution < 1.29 is 29.0 Å². The van der Waals surface area contributed by atoms with Gasteiger partial charge in [0, 0.05) is 11.1 Å². The summed E-state index contributed by atoms with van der Waals surface area (Å²) in [5.41, 5.74) is 13.0. The van der Waals surface area contributed by atoms with Crippen LogP contribution in [-0.4, -0.2) is 48.2 Å². The van der Waals surface area contributed by atoms with Gasteiger partial charge in [-0.05, 0) is 37.1 Å². The minimum absolute atomic E-state index is 0.0906. The molecule has 0 aliphatic rings. The minimum atomic E-state index is -1.09. The molecule has 0 bridgehead atoms. The van der Waals surface area contributed by atoms with Crippen molar-refractivity contribution in [2.45, 2.75) is 25.9 Å². The lowest BCUT2D eigenvalue weighted by molar-refractivity contribution is -0.145. The summed E-state index contributed by atoms with van der Waals surface area (Å²) in [5, 5.41) is 11.4. The van der Waals surface area contributed by atoms with Gasteiger partial charge in [-0.1, -0.05) is 30.3 Å². The molecule has 0 aromatic heterocycles. The van der Waals surface area contributed by atoms with Gasteiger partial charge < -0.3 is 26.0 Å². The number of amides is 1. The number of nitrogens with two attached hydrogens (primary N) is 2. The first-order valence-corrected chi connectivity index (χ1v) is 9.85. The highest BCUT2D eigenvalue weighted by Crippen LogP contribution is 2.18. The number of benzene rings is 2. The molecule has 2 rings (SSSR count). The number of para-hydroxylation sites is 1. The molecule has 170 valence electrons. The molecule has 0 saturated heterocycles. The van der Waals surface area contributed by atoms with Gasteiger partial charge in [0.2, 0.25) is 0 Å². The van der Waals surface area contributed by atoms with Crippen molar-refractivity contribution in [3.63, 3.8) is 0 Å². The van der Waals surface area contributed by atoms with Gasteiger partial charge in [-0.25, -0.2) is 9.79 Å². The molecule has 0 spiro atoms. The Morgan fingerprint density at radius 1 is 1.12 bits per heavy atom. The Bertz CT molecular complexity index is 975. The van der Waals surface area contributed by atoms with Gasteiger partial charge in [0.1, 0.15) is 11.8 Å². The normalized spacial score (nSPS) is 12.0. The topological polar surface area (TPSA) is 166 Å². The summed E-state index contributed by atoms with van der Waals surface area (Å²) in [5.74, 6) is -1.67. The lowest BCUT2D eigenvalue weighted by Crippen LogP contribution is -2.36. The Labute approximate surface area is 185 Å². The van der Waals surface area contributed by atoms with Gasteiger partial charge in [0.15, 0.2) is 12.6 Å². The molecule has 0 saturated carbocycles. The lowest BCUT2D eigenvalue weighted by Gasteiger charge is -2.10. The van der Waals surface area contributed by atoms with E-state index in [4.69, 9.17) is 26.0 Å². The number of esters is 1. The van der Waals surface area contributed by atoms with Crippen LogP contribution < -0.4 is 21.5 Å². The average molecular weight is 442 g/mol. The van der Waals surface area contributed by atoms with Crippen molar-refractivity contribution in [2.24, 2.45) is 16.5 Å². The third-order valence-corrected chi connectivity index (χ3v) is 4.27. The highest BCUT2D eigenvalue weighted by Gasteiger charge is 2.13. The molecule has 2 aromatic carbocycles. The zero-order valence-corrected chi connectivity index (χ0v) is 17.6. The Balaban J connectivity index is 1.95. The molecule has 0 fully saturated rings. The molecule has 0 aliphatic carbocycles. The highest BCUT2D eigenvalue weighted by atomic mass is 16.6. The second-order valence-electron chi connectivity index (χ2n) is 6.70. The SMILES string of the molecule is CCOC(=O)COc1ccccc1CN=C(N)NC(=O)c1ccc(CC(N)C(=O)O)cc1. The summed E-state index contributed by atoms with van der Waals surface area (Å²) < 4.78 is 10.3. The first kappa shape index (κ1) is 24.4. The quantitative estimate of drug-likeness (QED) is 0.238. The van der Waals surface area contributed by atoms with Crippen LogP contribution in [0.15, 0.2) is 53.5 Å². The van der Waals surface area contributed by atoms with Crippen molar-refractivity contribution in [1.29, 1.82) is 0 Å². The van der Waals surface area contributed by atoms with E-state index in [1.54, 1.807) is 55.5 Å². The summed E-state index contributed by atoms with van der Waals surface area (Å²) in [4.78, 5) is 38.8. The van der Waals surface area contributed by atoms with Crippen LogP contribution in [0.25, 0.3) is 0 Å². The van der Waals surface area contributed by atoms with Crippen LogP contribution in [0.1, 0.15) is 28.4 Å². The predicted molar refractivity (Wildman–Crippen MR) is 117 cm³/mol. The van der Waals surface area contributed by atoms with E-state index in [0.29, 0.717) is 22.4 Å². The Morgan fingerprint density at radius 2 is 1.81 bits per heavy atom. The van der Waals surface area contributed by atoms with E-state index in [1.165, 1.54) is 0 Å². The second-order valence-corrected chi connectivity index (χ2v) is 6.70. The van der Waals surface area contributed by atoms with E-state index < -0.39 is 23.9 Å². The largest absolute Gasteiger partial charge is 0.482 e. The fraction of sp³-hybridized carbons (Fsp3) is 0.273. The number of hydrogen-bond donors (Lipinski definition) is 4. The number of carboxylic acids is 1. The van der Waals surface area contributed by atoms with Crippen LogP contribution in [0, 0.1) is 0 Å². The van der Waals surface area contributed by atoms with E-state index in [9.17, 15) is 14.4 Å². The van der Waals surface area contributed by atoms with Gasteiger partial charge in [0.05, 0.1) is 13.2 Å². The molecule has 2 aromatic rings. The number of guanidine groups is 1. The maximum absolute atomic E-state index is 12.3. The third kappa shape index (κ3) is 7.73. The van der Waals surface area contributed by atoms with Crippen LogP contribution in [0.3, 0.4) is 0 Å². The molecule has 0 radical (unpaired) electrons. The molecule has 32 heavy (non-hydrogen) atoms.